The summed E-state index contributed by atoms with van der Waals surface area (Å²) < 4.78 is 44.9. The maximum atomic E-state index is 12.8. The van der Waals surface area contributed by atoms with Crippen molar-refractivity contribution in [1.82, 2.24) is 10.3 Å². The van der Waals surface area contributed by atoms with Gasteiger partial charge in [-0.25, -0.2) is 18.0 Å². The molecule has 0 atom stereocenters. The smallest absolute Gasteiger partial charge is 0.339 e. The van der Waals surface area contributed by atoms with Gasteiger partial charge in [0.2, 0.25) is 0 Å². The van der Waals surface area contributed by atoms with Gasteiger partial charge in [-0.2, -0.15) is 0 Å². The van der Waals surface area contributed by atoms with Crippen LogP contribution in [0, 0.1) is 0 Å². The van der Waals surface area contributed by atoms with E-state index in [0.29, 0.717) is 11.5 Å². The standard InChI is InChI=1S/C19H20N2O9S/c1-27-13-7-12(8-14(10-13)28-2)17(22)20-21-31(25,26)16-9-11(18(23)29-3)5-6-15(16)19(24)30-4/h5-10,21H,1-4H3,(H,20,22). The molecule has 0 spiro atoms. The molecule has 0 saturated carbocycles. The van der Waals surface area contributed by atoms with Crippen LogP contribution in [-0.4, -0.2) is 54.7 Å². The summed E-state index contributed by atoms with van der Waals surface area (Å²) in [4.78, 5) is 37.5. The second-order valence-corrected chi connectivity index (χ2v) is 7.51. The molecule has 0 aliphatic heterocycles. The number of methoxy groups -OCH3 is 4. The van der Waals surface area contributed by atoms with Crippen LogP contribution >= 0.6 is 0 Å². The van der Waals surface area contributed by atoms with Gasteiger partial charge in [0.05, 0.1) is 44.5 Å². The zero-order chi connectivity index (χ0) is 23.2. The van der Waals surface area contributed by atoms with Crippen LogP contribution in [0.5, 0.6) is 11.5 Å². The molecule has 12 heteroatoms. The molecule has 0 bridgehead atoms. The molecule has 2 aromatic rings. The highest BCUT2D eigenvalue weighted by molar-refractivity contribution is 7.89. The maximum Gasteiger partial charge on any atom is 0.339 e. The molecule has 0 fully saturated rings. The van der Waals surface area contributed by atoms with Crippen LogP contribution in [-0.2, 0) is 19.5 Å². The van der Waals surface area contributed by atoms with Crippen molar-refractivity contribution in [3.8, 4) is 11.5 Å². The molecule has 2 aromatic carbocycles. The number of benzene rings is 2. The van der Waals surface area contributed by atoms with E-state index in [4.69, 9.17) is 9.47 Å². The monoisotopic (exact) mass is 452 g/mol. The minimum Gasteiger partial charge on any atom is -0.497 e. The maximum absolute atomic E-state index is 12.8. The SMILES string of the molecule is COC(=O)c1ccc(C(=O)OC)c(S(=O)(=O)NNC(=O)c2cc(OC)cc(OC)c2)c1. The molecule has 0 saturated heterocycles. The van der Waals surface area contributed by atoms with Gasteiger partial charge in [-0.3, -0.25) is 10.2 Å². The summed E-state index contributed by atoms with van der Waals surface area (Å²) in [5.74, 6) is -1.98. The van der Waals surface area contributed by atoms with Gasteiger partial charge in [-0.1, -0.05) is 0 Å². The Morgan fingerprint density at radius 3 is 1.87 bits per heavy atom. The van der Waals surface area contributed by atoms with E-state index >= 15 is 0 Å². The van der Waals surface area contributed by atoms with Crippen molar-refractivity contribution in [3.63, 3.8) is 0 Å². The van der Waals surface area contributed by atoms with Gasteiger partial charge >= 0.3 is 11.9 Å². The summed E-state index contributed by atoms with van der Waals surface area (Å²) in [6.07, 6.45) is 0. The minimum absolute atomic E-state index is 0.0374. The Morgan fingerprint density at radius 1 is 0.774 bits per heavy atom. The third-order valence-electron chi connectivity index (χ3n) is 4.01. The average molecular weight is 452 g/mol. The van der Waals surface area contributed by atoms with E-state index in [1.54, 1.807) is 0 Å². The van der Waals surface area contributed by atoms with E-state index in [-0.39, 0.29) is 16.7 Å². The fourth-order valence-corrected chi connectivity index (χ4v) is 3.51. The highest BCUT2D eigenvalue weighted by Crippen LogP contribution is 2.23. The first kappa shape index (κ1) is 23.6. The number of carbonyl (C=O) groups is 3. The second-order valence-electron chi connectivity index (χ2n) is 5.86. The van der Waals surface area contributed by atoms with Gasteiger partial charge in [-0.15, -0.1) is 4.83 Å². The number of rotatable bonds is 8. The van der Waals surface area contributed by atoms with E-state index in [0.717, 1.165) is 26.4 Å². The normalized spacial score (nSPS) is 10.7. The lowest BCUT2D eigenvalue weighted by molar-refractivity contribution is 0.0583. The van der Waals surface area contributed by atoms with Crippen molar-refractivity contribution in [2.45, 2.75) is 4.90 Å². The summed E-state index contributed by atoms with van der Waals surface area (Å²) in [6, 6.07) is 7.50. The summed E-state index contributed by atoms with van der Waals surface area (Å²) in [5, 5.41) is 0. The Kier molecular flexibility index (Phi) is 7.56. The van der Waals surface area contributed by atoms with E-state index in [1.807, 2.05) is 10.3 Å². The predicted octanol–water partition coefficient (Wildman–Crippen LogP) is 0.900. The van der Waals surface area contributed by atoms with Gasteiger partial charge in [-0.05, 0) is 30.3 Å². The van der Waals surface area contributed by atoms with Crippen molar-refractivity contribution >= 4 is 27.9 Å². The summed E-state index contributed by atoms with van der Waals surface area (Å²) >= 11 is 0. The molecule has 0 radical (unpaired) electrons. The van der Waals surface area contributed by atoms with E-state index < -0.39 is 32.8 Å². The van der Waals surface area contributed by atoms with Gasteiger partial charge in [0.25, 0.3) is 15.9 Å². The molecular formula is C19H20N2O9S. The number of hydrogen-bond acceptors (Lipinski definition) is 9. The molecule has 166 valence electrons. The lowest BCUT2D eigenvalue weighted by atomic mass is 10.1. The van der Waals surface area contributed by atoms with Crippen LogP contribution in [0.15, 0.2) is 41.3 Å². The van der Waals surface area contributed by atoms with E-state index in [1.165, 1.54) is 38.5 Å². The van der Waals surface area contributed by atoms with Crippen LogP contribution in [0.4, 0.5) is 0 Å². The number of carbonyl (C=O) groups excluding carboxylic acids is 3. The van der Waals surface area contributed by atoms with Crippen molar-refractivity contribution < 1.29 is 41.7 Å². The lowest BCUT2D eigenvalue weighted by Crippen LogP contribution is -2.42. The van der Waals surface area contributed by atoms with Crippen molar-refractivity contribution in [1.29, 1.82) is 0 Å². The molecule has 0 aliphatic rings. The zero-order valence-electron chi connectivity index (χ0n) is 17.0. The molecule has 2 N–H and O–H groups in total. The quantitative estimate of drug-likeness (QED) is 0.440. The largest absolute Gasteiger partial charge is 0.497 e. The van der Waals surface area contributed by atoms with Crippen LogP contribution in [0.3, 0.4) is 0 Å². The number of esters is 2. The first-order valence-corrected chi connectivity index (χ1v) is 10.0. The zero-order valence-corrected chi connectivity index (χ0v) is 17.9. The number of amides is 1. The molecule has 11 nitrogen and oxygen atoms in total. The van der Waals surface area contributed by atoms with Gasteiger partial charge in [0.15, 0.2) is 0 Å². The third-order valence-corrected chi connectivity index (χ3v) is 5.30. The van der Waals surface area contributed by atoms with Crippen LogP contribution < -0.4 is 19.7 Å². The van der Waals surface area contributed by atoms with Crippen molar-refractivity contribution in [2.75, 3.05) is 28.4 Å². The Morgan fingerprint density at radius 2 is 1.35 bits per heavy atom. The first-order chi connectivity index (χ1) is 14.7. The van der Waals surface area contributed by atoms with Gasteiger partial charge in [0.1, 0.15) is 11.5 Å². The topological polar surface area (TPSA) is 146 Å². The molecular weight excluding hydrogens is 432 g/mol. The number of ether oxygens (including phenoxy) is 4. The molecule has 0 heterocycles. The molecule has 31 heavy (non-hydrogen) atoms. The van der Waals surface area contributed by atoms with Gasteiger partial charge < -0.3 is 18.9 Å². The Labute approximate surface area is 178 Å². The Balaban J connectivity index is 2.36. The van der Waals surface area contributed by atoms with Crippen molar-refractivity contribution in [3.05, 3.63) is 53.1 Å². The highest BCUT2D eigenvalue weighted by atomic mass is 32.2. The van der Waals surface area contributed by atoms with Crippen LogP contribution in [0.2, 0.25) is 0 Å². The van der Waals surface area contributed by atoms with Crippen molar-refractivity contribution in [2.24, 2.45) is 0 Å². The molecule has 0 unspecified atom stereocenters. The number of nitrogens with one attached hydrogen (secondary N) is 2. The Hall–Kier alpha value is -3.64. The predicted molar refractivity (Wildman–Crippen MR) is 106 cm³/mol. The lowest BCUT2D eigenvalue weighted by Gasteiger charge is -2.13. The summed E-state index contributed by atoms with van der Waals surface area (Å²) in [5.41, 5.74) is 1.60. The fraction of sp³-hybridized carbons (Fsp3) is 0.211. The van der Waals surface area contributed by atoms with Crippen LogP contribution in [0.1, 0.15) is 31.1 Å². The second kappa shape index (κ2) is 9.91. The number of hydrazine groups is 1. The van der Waals surface area contributed by atoms with E-state index in [9.17, 15) is 22.8 Å². The van der Waals surface area contributed by atoms with E-state index in [2.05, 4.69) is 9.47 Å². The average Bonchev–Trinajstić information content (AvgIpc) is 2.80. The Bertz CT molecular complexity index is 1090. The van der Waals surface area contributed by atoms with Gasteiger partial charge in [0, 0.05) is 11.6 Å². The fourth-order valence-electron chi connectivity index (χ4n) is 2.45. The number of hydrogen-bond donors (Lipinski definition) is 2. The van der Waals surface area contributed by atoms with Crippen LogP contribution in [0.25, 0.3) is 0 Å². The molecule has 0 aliphatic carbocycles. The molecule has 2 rings (SSSR count). The first-order valence-electron chi connectivity index (χ1n) is 8.52. The third kappa shape index (κ3) is 5.49. The summed E-state index contributed by atoms with van der Waals surface area (Å²) in [6.45, 7) is 0. The molecule has 0 aromatic heterocycles. The summed E-state index contributed by atoms with van der Waals surface area (Å²) in [7, 11) is 0.468. The minimum atomic E-state index is -4.50. The molecule has 1 amide bonds. The highest BCUT2D eigenvalue weighted by Gasteiger charge is 2.26. The number of sulfonamides is 1.